The van der Waals surface area contributed by atoms with Crippen molar-refractivity contribution in [2.75, 3.05) is 11.1 Å². The van der Waals surface area contributed by atoms with Crippen LogP contribution in [0.1, 0.15) is 28.8 Å². The molecule has 2 nitrogen and oxygen atoms in total. The molecule has 0 unspecified atom stereocenters. The lowest BCUT2D eigenvalue weighted by Gasteiger charge is -2.05. The molecule has 0 saturated carbocycles. The Balaban J connectivity index is 3.03. The average Bonchev–Trinajstić information content (AvgIpc) is 2.17. The largest absolute Gasteiger partial charge is 0.399 e. The summed E-state index contributed by atoms with van der Waals surface area (Å²) < 4.78 is 24.8. The lowest BCUT2D eigenvalue weighted by molar-refractivity contribution is 0.0989. The second-order valence-electron chi connectivity index (χ2n) is 3.05. The molecule has 1 aromatic carbocycles. The molecule has 0 bridgehead atoms. The van der Waals surface area contributed by atoms with Crippen molar-refractivity contribution in [3.8, 4) is 0 Å². The first-order chi connectivity index (χ1) is 7.04. The molecule has 0 atom stereocenters. The summed E-state index contributed by atoms with van der Waals surface area (Å²) in [5.41, 5.74) is 5.65. The molecule has 0 fully saturated rings. The summed E-state index contributed by atoms with van der Waals surface area (Å²) in [4.78, 5) is 11.4. The van der Waals surface area contributed by atoms with Gasteiger partial charge in [0.25, 0.3) is 6.43 Å². The Morgan fingerprint density at radius 2 is 2.07 bits per heavy atom. The molecule has 0 aromatic heterocycles. The van der Waals surface area contributed by atoms with Crippen molar-refractivity contribution in [1.82, 2.24) is 0 Å². The molecule has 0 aliphatic heterocycles. The third-order valence-corrected chi connectivity index (χ3v) is 2.27. The normalized spacial score (nSPS) is 10.7. The fourth-order valence-electron chi connectivity index (χ4n) is 1.19. The number of halogens is 3. The second kappa shape index (κ2) is 5.21. The number of benzene rings is 1. The highest BCUT2D eigenvalue weighted by atomic mass is 79.9. The summed E-state index contributed by atoms with van der Waals surface area (Å²) in [7, 11) is 0. The molecular formula is C10H10BrF2NO. The average molecular weight is 278 g/mol. The maximum atomic E-state index is 12.4. The van der Waals surface area contributed by atoms with E-state index in [2.05, 4.69) is 15.9 Å². The lowest BCUT2D eigenvalue weighted by atomic mass is 10.0. The van der Waals surface area contributed by atoms with E-state index >= 15 is 0 Å². The minimum absolute atomic E-state index is 0.186. The predicted molar refractivity (Wildman–Crippen MR) is 58.6 cm³/mol. The van der Waals surface area contributed by atoms with Gasteiger partial charge in [-0.15, -0.1) is 0 Å². The highest BCUT2D eigenvalue weighted by Crippen LogP contribution is 2.23. The van der Waals surface area contributed by atoms with Crippen LogP contribution in [0.15, 0.2) is 18.2 Å². The minimum atomic E-state index is -2.61. The van der Waals surface area contributed by atoms with E-state index < -0.39 is 6.43 Å². The first-order valence-corrected chi connectivity index (χ1v) is 5.44. The zero-order chi connectivity index (χ0) is 11.4. The first-order valence-electron chi connectivity index (χ1n) is 4.32. The van der Waals surface area contributed by atoms with Crippen molar-refractivity contribution in [2.45, 2.75) is 12.8 Å². The Bertz CT molecular complexity index is 368. The number of carbonyl (C=O) groups is 1. The topological polar surface area (TPSA) is 43.1 Å². The van der Waals surface area contributed by atoms with Gasteiger partial charge >= 0.3 is 0 Å². The van der Waals surface area contributed by atoms with Gasteiger partial charge in [0.1, 0.15) is 0 Å². The predicted octanol–water partition coefficient (Wildman–Crippen LogP) is 3.17. The maximum absolute atomic E-state index is 12.4. The van der Waals surface area contributed by atoms with Crippen LogP contribution >= 0.6 is 15.9 Å². The van der Waals surface area contributed by atoms with Crippen molar-refractivity contribution in [3.63, 3.8) is 0 Å². The third kappa shape index (κ3) is 3.27. The van der Waals surface area contributed by atoms with Gasteiger partial charge < -0.3 is 5.73 Å². The Morgan fingerprint density at radius 1 is 1.40 bits per heavy atom. The fraction of sp³-hybridized carbons (Fsp3) is 0.300. The van der Waals surface area contributed by atoms with E-state index in [1.807, 2.05) is 0 Å². The van der Waals surface area contributed by atoms with Crippen molar-refractivity contribution in [2.24, 2.45) is 0 Å². The van der Waals surface area contributed by atoms with Crippen LogP contribution in [0, 0.1) is 0 Å². The molecule has 0 aliphatic rings. The van der Waals surface area contributed by atoms with E-state index in [1.54, 1.807) is 0 Å². The van der Waals surface area contributed by atoms with Gasteiger partial charge in [-0.25, -0.2) is 8.78 Å². The molecule has 5 heteroatoms. The van der Waals surface area contributed by atoms with Gasteiger partial charge in [-0.2, -0.15) is 0 Å². The Morgan fingerprint density at radius 3 is 2.60 bits per heavy atom. The summed E-state index contributed by atoms with van der Waals surface area (Å²) in [6.07, 6.45) is -2.34. The molecule has 0 amide bonds. The van der Waals surface area contributed by atoms with Gasteiger partial charge in [0.2, 0.25) is 0 Å². The SMILES string of the molecule is Nc1cc(C(=O)CCBr)cc(C(F)F)c1. The number of Topliss-reactive ketones (excluding diaryl/α,β-unsaturated/α-hetero) is 1. The molecule has 1 aromatic rings. The van der Waals surface area contributed by atoms with Gasteiger partial charge in [-0.3, -0.25) is 4.79 Å². The molecule has 0 heterocycles. The van der Waals surface area contributed by atoms with E-state index in [4.69, 9.17) is 5.73 Å². The minimum Gasteiger partial charge on any atom is -0.399 e. The molecule has 2 N–H and O–H groups in total. The molecule has 82 valence electrons. The van der Waals surface area contributed by atoms with Crippen molar-refractivity contribution in [1.29, 1.82) is 0 Å². The lowest BCUT2D eigenvalue weighted by Crippen LogP contribution is -2.02. The van der Waals surface area contributed by atoms with Crippen LogP contribution in [-0.4, -0.2) is 11.1 Å². The number of rotatable bonds is 4. The van der Waals surface area contributed by atoms with Crippen molar-refractivity contribution >= 4 is 27.4 Å². The molecule has 0 saturated heterocycles. The summed E-state index contributed by atoms with van der Waals surface area (Å²) in [5, 5.41) is 0.505. The quantitative estimate of drug-likeness (QED) is 0.522. The fourth-order valence-corrected chi connectivity index (χ4v) is 1.55. The van der Waals surface area contributed by atoms with Gasteiger partial charge in [-0.05, 0) is 18.2 Å². The molecule has 0 aliphatic carbocycles. The summed E-state index contributed by atoms with van der Waals surface area (Å²) in [5.74, 6) is -0.193. The number of anilines is 1. The van der Waals surface area contributed by atoms with Crippen LogP contribution < -0.4 is 5.73 Å². The Labute approximate surface area is 94.6 Å². The van der Waals surface area contributed by atoms with Crippen LogP contribution in [0.5, 0.6) is 0 Å². The van der Waals surface area contributed by atoms with Gasteiger partial charge in [0.15, 0.2) is 5.78 Å². The van der Waals surface area contributed by atoms with Crippen LogP contribution in [0.25, 0.3) is 0 Å². The van der Waals surface area contributed by atoms with Gasteiger partial charge in [0.05, 0.1) is 0 Å². The van der Waals surface area contributed by atoms with Crippen LogP contribution in [0.3, 0.4) is 0 Å². The van der Waals surface area contributed by atoms with E-state index in [0.717, 1.165) is 0 Å². The van der Waals surface area contributed by atoms with E-state index in [0.29, 0.717) is 5.33 Å². The van der Waals surface area contributed by atoms with Gasteiger partial charge in [0, 0.05) is 28.6 Å². The summed E-state index contributed by atoms with van der Waals surface area (Å²) in [6.45, 7) is 0. The second-order valence-corrected chi connectivity index (χ2v) is 3.84. The number of hydrogen-bond donors (Lipinski definition) is 1. The van der Waals surface area contributed by atoms with E-state index in [1.165, 1.54) is 18.2 Å². The summed E-state index contributed by atoms with van der Waals surface area (Å²) >= 11 is 3.11. The molecule has 1 rings (SSSR count). The standard InChI is InChI=1S/C10H10BrF2NO/c11-2-1-9(15)6-3-7(10(12)13)5-8(14)4-6/h3-5,10H,1-2,14H2. The van der Waals surface area contributed by atoms with Crippen molar-refractivity contribution < 1.29 is 13.6 Å². The van der Waals surface area contributed by atoms with Crippen LogP contribution in [0.4, 0.5) is 14.5 Å². The Hall–Kier alpha value is -0.970. The smallest absolute Gasteiger partial charge is 0.263 e. The molecule has 0 radical (unpaired) electrons. The number of nitrogens with two attached hydrogens (primary N) is 1. The number of hydrogen-bond acceptors (Lipinski definition) is 2. The number of carbonyl (C=O) groups excluding carboxylic acids is 1. The molecular weight excluding hydrogens is 268 g/mol. The Kier molecular flexibility index (Phi) is 4.20. The zero-order valence-corrected chi connectivity index (χ0v) is 9.43. The number of alkyl halides is 3. The molecule has 0 spiro atoms. The maximum Gasteiger partial charge on any atom is 0.263 e. The first kappa shape index (κ1) is 12.1. The monoisotopic (exact) mass is 277 g/mol. The van der Waals surface area contributed by atoms with E-state index in [9.17, 15) is 13.6 Å². The van der Waals surface area contributed by atoms with E-state index in [-0.39, 0.29) is 29.0 Å². The third-order valence-electron chi connectivity index (χ3n) is 1.87. The summed E-state index contributed by atoms with van der Waals surface area (Å²) in [6, 6.07) is 3.78. The highest BCUT2D eigenvalue weighted by molar-refractivity contribution is 9.09. The number of ketones is 1. The van der Waals surface area contributed by atoms with Crippen molar-refractivity contribution in [3.05, 3.63) is 29.3 Å². The van der Waals surface area contributed by atoms with Gasteiger partial charge in [-0.1, -0.05) is 15.9 Å². The van der Waals surface area contributed by atoms with Crippen LogP contribution in [-0.2, 0) is 0 Å². The highest BCUT2D eigenvalue weighted by Gasteiger charge is 2.12. The number of nitrogen functional groups attached to an aromatic ring is 1. The van der Waals surface area contributed by atoms with Crippen LogP contribution in [0.2, 0.25) is 0 Å². The molecule has 15 heavy (non-hydrogen) atoms. The zero-order valence-electron chi connectivity index (χ0n) is 7.84.